The van der Waals surface area contributed by atoms with Gasteiger partial charge in [0.1, 0.15) is 5.75 Å². The maximum absolute atomic E-state index is 12.7. The van der Waals surface area contributed by atoms with Crippen LogP contribution in [0, 0.1) is 0 Å². The molecular weight excluding hydrogens is 534 g/mol. The van der Waals surface area contributed by atoms with Gasteiger partial charge < -0.3 is 15.0 Å². The Bertz CT molecular complexity index is 1830. The van der Waals surface area contributed by atoms with E-state index in [0.717, 1.165) is 38.0 Å². The molecule has 8 heteroatoms. The number of hydrogen-bond donors (Lipinski definition) is 2. The van der Waals surface area contributed by atoms with Crippen LogP contribution < -0.4 is 16.0 Å². The first-order valence-electron chi connectivity index (χ1n) is 13.1. The Morgan fingerprint density at radius 1 is 0.805 bits per heavy atom. The third-order valence-electron chi connectivity index (χ3n) is 6.84. The third kappa shape index (κ3) is 5.56. The summed E-state index contributed by atoms with van der Waals surface area (Å²) >= 11 is 1.61. The van der Waals surface area contributed by atoms with Crippen LogP contribution in [0.1, 0.15) is 21.5 Å². The highest BCUT2D eigenvalue weighted by molar-refractivity contribution is 7.13. The molecule has 0 radical (unpaired) electrons. The van der Waals surface area contributed by atoms with E-state index in [4.69, 9.17) is 15.3 Å². The summed E-state index contributed by atoms with van der Waals surface area (Å²) in [5.41, 5.74) is 13.4. The number of aromatic nitrogens is 1. The molecule has 2 amide bonds. The van der Waals surface area contributed by atoms with Gasteiger partial charge in [0, 0.05) is 22.4 Å². The monoisotopic (exact) mass is 561 g/mol. The van der Waals surface area contributed by atoms with E-state index >= 15 is 0 Å². The Morgan fingerprint density at radius 2 is 1.56 bits per heavy atom. The summed E-state index contributed by atoms with van der Waals surface area (Å²) in [6.45, 7) is 0.533. The molecule has 0 aliphatic rings. The van der Waals surface area contributed by atoms with Crippen molar-refractivity contribution in [2.45, 2.75) is 13.2 Å². The van der Waals surface area contributed by atoms with Crippen LogP contribution in [0.5, 0.6) is 5.75 Å². The standard InChI is InChI=1S/C33H27N3O4S/c34-33(38)25-13-7-14-26-31(25)32-27(36(26)19-22-9-3-1-4-10-22)17-24(29-15-8-16-41-29)18-28(32)39-21-30(37)35-40-20-23-11-5-2-6-12-23/h1-18H,19-21H2,(H2,34,38)(H,35,37). The molecule has 0 spiro atoms. The first kappa shape index (κ1) is 26.3. The fraction of sp³-hybridized carbons (Fsp3) is 0.0909. The molecule has 2 heterocycles. The van der Waals surface area contributed by atoms with Crippen LogP contribution in [0.4, 0.5) is 0 Å². The molecule has 0 atom stereocenters. The lowest BCUT2D eigenvalue weighted by atomic mass is 10.0. The molecule has 0 fully saturated rings. The highest BCUT2D eigenvalue weighted by atomic mass is 32.1. The summed E-state index contributed by atoms with van der Waals surface area (Å²) in [6.07, 6.45) is 0. The molecule has 41 heavy (non-hydrogen) atoms. The van der Waals surface area contributed by atoms with Gasteiger partial charge >= 0.3 is 0 Å². The van der Waals surface area contributed by atoms with Gasteiger partial charge in [0.25, 0.3) is 5.91 Å². The average Bonchev–Trinajstić information content (AvgIpc) is 3.64. The number of rotatable bonds is 10. The average molecular weight is 562 g/mol. The number of fused-ring (bicyclic) bond motifs is 3. The van der Waals surface area contributed by atoms with Gasteiger partial charge in [-0.1, -0.05) is 72.8 Å². The highest BCUT2D eigenvalue weighted by Gasteiger charge is 2.22. The zero-order valence-corrected chi connectivity index (χ0v) is 22.9. The second-order valence-electron chi connectivity index (χ2n) is 9.57. The van der Waals surface area contributed by atoms with E-state index in [1.165, 1.54) is 0 Å². The predicted molar refractivity (Wildman–Crippen MR) is 162 cm³/mol. The maximum Gasteiger partial charge on any atom is 0.281 e. The first-order chi connectivity index (χ1) is 20.1. The highest BCUT2D eigenvalue weighted by Crippen LogP contribution is 2.42. The van der Waals surface area contributed by atoms with Crippen LogP contribution in [-0.2, 0) is 22.8 Å². The molecule has 3 N–H and O–H groups in total. The van der Waals surface area contributed by atoms with E-state index in [1.54, 1.807) is 17.4 Å². The number of carbonyl (C=O) groups is 2. The number of ether oxygens (including phenoxy) is 1. The quantitative estimate of drug-likeness (QED) is 0.192. The molecule has 204 valence electrons. The lowest BCUT2D eigenvalue weighted by Crippen LogP contribution is -2.29. The molecule has 6 aromatic rings. The van der Waals surface area contributed by atoms with Crippen molar-refractivity contribution in [3.63, 3.8) is 0 Å². The Labute approximate surface area is 240 Å². The van der Waals surface area contributed by atoms with Gasteiger partial charge in [-0.25, -0.2) is 5.48 Å². The van der Waals surface area contributed by atoms with Gasteiger partial charge in [0.05, 0.1) is 23.0 Å². The Morgan fingerprint density at radius 3 is 2.27 bits per heavy atom. The SMILES string of the molecule is NC(=O)c1cccc2c1c1c(OCC(=O)NOCc3ccccc3)cc(-c3cccs3)cc1n2Cc1ccccc1. The van der Waals surface area contributed by atoms with Crippen LogP contribution >= 0.6 is 11.3 Å². The third-order valence-corrected chi connectivity index (χ3v) is 7.76. The van der Waals surface area contributed by atoms with E-state index in [2.05, 4.69) is 28.2 Å². The number of nitrogens with zero attached hydrogens (tertiary/aromatic N) is 1. The number of nitrogens with one attached hydrogen (secondary N) is 1. The summed E-state index contributed by atoms with van der Waals surface area (Å²) in [5, 5.41) is 3.44. The fourth-order valence-corrected chi connectivity index (χ4v) is 5.72. The van der Waals surface area contributed by atoms with Crippen molar-refractivity contribution in [1.82, 2.24) is 10.0 Å². The lowest BCUT2D eigenvalue weighted by molar-refractivity contribution is -0.136. The van der Waals surface area contributed by atoms with E-state index in [-0.39, 0.29) is 13.2 Å². The number of thiophene rings is 1. The topological polar surface area (TPSA) is 95.6 Å². The van der Waals surface area contributed by atoms with Crippen LogP contribution in [0.25, 0.3) is 32.2 Å². The summed E-state index contributed by atoms with van der Waals surface area (Å²) in [6, 6.07) is 33.3. The Balaban J connectivity index is 1.42. The molecule has 0 saturated carbocycles. The Kier molecular flexibility index (Phi) is 7.49. The van der Waals surface area contributed by atoms with Gasteiger partial charge in [-0.15, -0.1) is 11.3 Å². The van der Waals surface area contributed by atoms with E-state index < -0.39 is 11.8 Å². The number of hydrogen-bond acceptors (Lipinski definition) is 5. The number of primary amides is 1. The fourth-order valence-electron chi connectivity index (χ4n) is 5.01. The number of amides is 2. The molecule has 0 aliphatic carbocycles. The zero-order chi connectivity index (χ0) is 28.2. The number of hydroxylamine groups is 1. The van der Waals surface area contributed by atoms with Crippen molar-refractivity contribution in [3.8, 4) is 16.2 Å². The molecule has 2 aromatic heterocycles. The smallest absolute Gasteiger partial charge is 0.281 e. The predicted octanol–water partition coefficient (Wildman–Crippen LogP) is 6.30. The summed E-state index contributed by atoms with van der Waals surface area (Å²) in [5.74, 6) is -0.483. The summed E-state index contributed by atoms with van der Waals surface area (Å²) < 4.78 is 8.34. The molecule has 6 rings (SSSR count). The van der Waals surface area contributed by atoms with Crippen molar-refractivity contribution in [2.24, 2.45) is 5.73 Å². The second-order valence-corrected chi connectivity index (χ2v) is 10.5. The zero-order valence-electron chi connectivity index (χ0n) is 22.1. The molecular formula is C33H27N3O4S. The van der Waals surface area contributed by atoms with Crippen LogP contribution in [0.2, 0.25) is 0 Å². The summed E-state index contributed by atoms with van der Waals surface area (Å²) in [4.78, 5) is 31.7. The Hall–Kier alpha value is -4.92. The van der Waals surface area contributed by atoms with Crippen molar-refractivity contribution in [1.29, 1.82) is 0 Å². The molecule has 0 saturated heterocycles. The normalized spacial score (nSPS) is 11.1. The van der Waals surface area contributed by atoms with E-state index in [0.29, 0.717) is 23.2 Å². The molecule has 0 bridgehead atoms. The van der Waals surface area contributed by atoms with Crippen LogP contribution in [0.15, 0.2) is 109 Å². The van der Waals surface area contributed by atoms with Crippen LogP contribution in [0.3, 0.4) is 0 Å². The van der Waals surface area contributed by atoms with Crippen molar-refractivity contribution in [2.75, 3.05) is 6.61 Å². The second kappa shape index (κ2) is 11.7. The van der Waals surface area contributed by atoms with Gasteiger partial charge in [-0.3, -0.25) is 14.4 Å². The first-order valence-corrected chi connectivity index (χ1v) is 14.0. The molecule has 7 nitrogen and oxygen atoms in total. The van der Waals surface area contributed by atoms with Crippen LogP contribution in [-0.4, -0.2) is 23.0 Å². The number of nitrogens with two attached hydrogens (primary N) is 1. The number of carbonyl (C=O) groups excluding carboxylic acids is 2. The lowest BCUT2D eigenvalue weighted by Gasteiger charge is -2.12. The van der Waals surface area contributed by atoms with Gasteiger partial charge in [0.15, 0.2) is 6.61 Å². The minimum absolute atomic E-state index is 0.236. The maximum atomic E-state index is 12.7. The molecule has 4 aromatic carbocycles. The number of benzene rings is 4. The molecule has 0 unspecified atom stereocenters. The van der Waals surface area contributed by atoms with Crippen molar-refractivity contribution < 1.29 is 19.2 Å². The summed E-state index contributed by atoms with van der Waals surface area (Å²) in [7, 11) is 0. The largest absolute Gasteiger partial charge is 0.483 e. The minimum atomic E-state index is -0.533. The molecule has 0 aliphatic heterocycles. The van der Waals surface area contributed by atoms with Gasteiger partial charge in [0.2, 0.25) is 5.91 Å². The van der Waals surface area contributed by atoms with Crippen molar-refractivity contribution in [3.05, 3.63) is 125 Å². The van der Waals surface area contributed by atoms with Gasteiger partial charge in [-0.05, 0) is 52.4 Å². The van der Waals surface area contributed by atoms with E-state index in [1.807, 2.05) is 84.2 Å². The van der Waals surface area contributed by atoms with Gasteiger partial charge in [-0.2, -0.15) is 0 Å². The minimum Gasteiger partial charge on any atom is -0.483 e. The van der Waals surface area contributed by atoms with Crippen molar-refractivity contribution >= 4 is 45.0 Å². The van der Waals surface area contributed by atoms with E-state index in [9.17, 15) is 9.59 Å².